The molecule has 2 rings (SSSR count). The first-order chi connectivity index (χ1) is 7.81. The molecular weight excluding hydrogens is 200 g/mol. The second-order valence-corrected chi connectivity index (χ2v) is 4.21. The summed E-state index contributed by atoms with van der Waals surface area (Å²) in [6.07, 6.45) is 4.69. The van der Waals surface area contributed by atoms with Crippen LogP contribution in [0.3, 0.4) is 0 Å². The van der Waals surface area contributed by atoms with E-state index in [0.29, 0.717) is 6.42 Å². The molecular formula is C14H17O2. The van der Waals surface area contributed by atoms with Crippen molar-refractivity contribution in [2.45, 2.75) is 38.2 Å². The first kappa shape index (κ1) is 11.2. The van der Waals surface area contributed by atoms with Gasteiger partial charge in [-0.25, -0.2) is 0 Å². The van der Waals surface area contributed by atoms with Crippen molar-refractivity contribution in [1.82, 2.24) is 0 Å². The molecule has 0 saturated heterocycles. The Morgan fingerprint density at radius 3 is 2.94 bits per heavy atom. The van der Waals surface area contributed by atoms with Crippen LogP contribution in [0.2, 0.25) is 0 Å². The number of benzene rings is 1. The molecule has 2 nitrogen and oxygen atoms in total. The van der Waals surface area contributed by atoms with Gasteiger partial charge in [-0.05, 0) is 25.0 Å². The van der Waals surface area contributed by atoms with E-state index < -0.39 is 0 Å². The number of fused-ring (bicyclic) bond motifs is 1. The summed E-state index contributed by atoms with van der Waals surface area (Å²) >= 11 is 0. The zero-order valence-corrected chi connectivity index (χ0v) is 9.45. The Bertz CT molecular complexity index is 371. The number of Topliss-reactive ketones (excluding diaryl/α,β-unsaturated/α-hetero) is 1. The fraction of sp³-hybridized carbons (Fsp3) is 0.429. The summed E-state index contributed by atoms with van der Waals surface area (Å²) in [5.41, 5.74) is 0.732. The summed E-state index contributed by atoms with van der Waals surface area (Å²) in [4.78, 5) is 11.8. The molecule has 0 amide bonds. The maximum Gasteiger partial charge on any atom is 0.170 e. The highest BCUT2D eigenvalue weighted by atomic mass is 16.5. The normalized spacial score (nSPS) is 19.1. The average Bonchev–Trinajstić information content (AvgIpc) is 2.30. The van der Waals surface area contributed by atoms with E-state index in [1.165, 1.54) is 0 Å². The Morgan fingerprint density at radius 2 is 2.12 bits per heavy atom. The van der Waals surface area contributed by atoms with Crippen molar-refractivity contribution in [2.24, 2.45) is 0 Å². The minimum Gasteiger partial charge on any atom is -0.489 e. The van der Waals surface area contributed by atoms with Crippen molar-refractivity contribution >= 4 is 5.78 Å². The van der Waals surface area contributed by atoms with Gasteiger partial charge >= 0.3 is 0 Å². The van der Waals surface area contributed by atoms with Crippen LogP contribution in [0.25, 0.3) is 0 Å². The largest absolute Gasteiger partial charge is 0.489 e. The zero-order chi connectivity index (χ0) is 11.4. The van der Waals surface area contributed by atoms with Gasteiger partial charge in [0.25, 0.3) is 0 Å². The van der Waals surface area contributed by atoms with E-state index in [1.807, 2.05) is 24.3 Å². The minimum absolute atomic E-state index is 0.0638. The van der Waals surface area contributed by atoms with Gasteiger partial charge in [0.1, 0.15) is 11.9 Å². The average molecular weight is 217 g/mol. The van der Waals surface area contributed by atoms with Gasteiger partial charge in [-0.1, -0.05) is 31.9 Å². The van der Waals surface area contributed by atoms with Crippen LogP contribution in [0, 0.1) is 6.92 Å². The molecule has 2 heteroatoms. The second-order valence-electron chi connectivity index (χ2n) is 4.21. The van der Waals surface area contributed by atoms with Gasteiger partial charge < -0.3 is 4.74 Å². The summed E-state index contributed by atoms with van der Waals surface area (Å²) in [5, 5.41) is 0. The molecule has 1 aliphatic rings. The van der Waals surface area contributed by atoms with Crippen LogP contribution in [-0.4, -0.2) is 11.9 Å². The predicted octanol–water partition coefficient (Wildman–Crippen LogP) is 3.41. The van der Waals surface area contributed by atoms with E-state index in [4.69, 9.17) is 4.74 Å². The van der Waals surface area contributed by atoms with Crippen molar-refractivity contribution in [1.29, 1.82) is 0 Å². The molecule has 1 atom stereocenters. The molecule has 85 valence electrons. The van der Waals surface area contributed by atoms with Crippen LogP contribution in [-0.2, 0) is 0 Å². The molecule has 0 bridgehead atoms. The summed E-state index contributed by atoms with van der Waals surface area (Å²) in [5.74, 6) is 0.958. The Balaban J connectivity index is 2.01. The first-order valence-electron chi connectivity index (χ1n) is 5.89. The zero-order valence-electron chi connectivity index (χ0n) is 9.45. The summed E-state index contributed by atoms with van der Waals surface area (Å²) < 4.78 is 5.81. The van der Waals surface area contributed by atoms with E-state index in [2.05, 4.69) is 6.92 Å². The van der Waals surface area contributed by atoms with Gasteiger partial charge in [-0.2, -0.15) is 0 Å². The molecule has 16 heavy (non-hydrogen) atoms. The lowest BCUT2D eigenvalue weighted by molar-refractivity contribution is 0.0835. The third-order valence-corrected chi connectivity index (χ3v) is 2.92. The second kappa shape index (κ2) is 5.15. The van der Waals surface area contributed by atoms with E-state index in [-0.39, 0.29) is 11.9 Å². The van der Waals surface area contributed by atoms with Crippen molar-refractivity contribution in [3.8, 4) is 5.75 Å². The number of unbranched alkanes of at least 4 members (excludes halogenated alkanes) is 2. The van der Waals surface area contributed by atoms with Gasteiger partial charge in [0.15, 0.2) is 5.78 Å². The maximum absolute atomic E-state index is 11.8. The Hall–Kier alpha value is -1.31. The van der Waals surface area contributed by atoms with E-state index in [9.17, 15) is 4.79 Å². The number of carbonyl (C=O) groups excluding carboxylic acids is 1. The molecule has 0 fully saturated rings. The van der Waals surface area contributed by atoms with Gasteiger partial charge in [-0.15, -0.1) is 0 Å². The van der Waals surface area contributed by atoms with Crippen LogP contribution in [0.5, 0.6) is 5.75 Å². The third kappa shape index (κ3) is 2.43. The minimum atomic E-state index is 0.0638. The highest BCUT2D eigenvalue weighted by molar-refractivity contribution is 5.99. The highest BCUT2D eigenvalue weighted by Gasteiger charge is 2.25. The number of carbonyl (C=O) groups is 1. The van der Waals surface area contributed by atoms with E-state index in [1.54, 1.807) is 0 Å². The summed E-state index contributed by atoms with van der Waals surface area (Å²) in [7, 11) is 0. The third-order valence-electron chi connectivity index (χ3n) is 2.92. The molecule has 0 unspecified atom stereocenters. The lowest BCUT2D eigenvalue weighted by atomic mass is 9.97. The van der Waals surface area contributed by atoms with Crippen molar-refractivity contribution in [3.05, 3.63) is 36.8 Å². The topological polar surface area (TPSA) is 26.3 Å². The molecule has 1 heterocycles. The van der Waals surface area contributed by atoms with Gasteiger partial charge in [0, 0.05) is 6.42 Å². The molecule has 1 aromatic carbocycles. The van der Waals surface area contributed by atoms with E-state index in [0.717, 1.165) is 37.0 Å². The number of hydrogen-bond donors (Lipinski definition) is 0. The highest BCUT2D eigenvalue weighted by Crippen LogP contribution is 2.28. The van der Waals surface area contributed by atoms with Crippen LogP contribution < -0.4 is 4.74 Å². The molecule has 0 spiro atoms. The lowest BCUT2D eigenvalue weighted by Gasteiger charge is -2.25. The van der Waals surface area contributed by atoms with Crippen LogP contribution in [0.1, 0.15) is 42.5 Å². The van der Waals surface area contributed by atoms with Crippen LogP contribution in [0.4, 0.5) is 0 Å². The Morgan fingerprint density at radius 1 is 1.31 bits per heavy atom. The molecule has 1 aromatic rings. The Kier molecular flexibility index (Phi) is 3.60. The molecule has 0 aliphatic carbocycles. The van der Waals surface area contributed by atoms with E-state index >= 15 is 0 Å². The molecule has 1 aliphatic heterocycles. The van der Waals surface area contributed by atoms with Crippen molar-refractivity contribution in [3.63, 3.8) is 0 Å². The molecule has 0 saturated carbocycles. The van der Waals surface area contributed by atoms with Crippen molar-refractivity contribution in [2.75, 3.05) is 0 Å². The van der Waals surface area contributed by atoms with Gasteiger partial charge in [0.05, 0.1) is 5.56 Å². The smallest absolute Gasteiger partial charge is 0.170 e. The first-order valence-corrected chi connectivity index (χ1v) is 5.89. The molecule has 0 aromatic heterocycles. The maximum atomic E-state index is 11.8. The lowest BCUT2D eigenvalue weighted by Crippen LogP contribution is -2.26. The molecule has 0 N–H and O–H groups in total. The SMILES string of the molecule is [CH2]CCCC[C@@H]1CC(=O)c2ccccc2O1. The monoisotopic (exact) mass is 217 g/mol. The summed E-state index contributed by atoms with van der Waals surface area (Å²) in [6.45, 7) is 3.81. The Labute approximate surface area is 96.6 Å². The molecule has 1 radical (unpaired) electrons. The number of rotatable bonds is 4. The number of hydrogen-bond acceptors (Lipinski definition) is 2. The van der Waals surface area contributed by atoms with Crippen LogP contribution >= 0.6 is 0 Å². The fourth-order valence-corrected chi connectivity index (χ4v) is 2.05. The standard InChI is InChI=1S/C14H17O2/c1-2-3-4-7-11-10-13(15)12-8-5-6-9-14(12)16-11/h5-6,8-9,11H,1-4,7,10H2/t11-/m1/s1. The quantitative estimate of drug-likeness (QED) is 0.722. The van der Waals surface area contributed by atoms with Gasteiger partial charge in [0.2, 0.25) is 0 Å². The summed E-state index contributed by atoms with van der Waals surface area (Å²) in [6, 6.07) is 7.50. The number of ketones is 1. The predicted molar refractivity (Wildman–Crippen MR) is 63.6 cm³/mol. The van der Waals surface area contributed by atoms with Crippen molar-refractivity contribution < 1.29 is 9.53 Å². The number of para-hydroxylation sites is 1. The van der Waals surface area contributed by atoms with Gasteiger partial charge in [-0.3, -0.25) is 4.79 Å². The van der Waals surface area contributed by atoms with Crippen LogP contribution in [0.15, 0.2) is 24.3 Å². The fourth-order valence-electron chi connectivity index (χ4n) is 2.05. The number of ether oxygens (including phenoxy) is 1.